The molecule has 4 aliphatic rings. The van der Waals surface area contributed by atoms with E-state index in [0.29, 0.717) is 17.8 Å². The third kappa shape index (κ3) is 2.33. The fraction of sp³-hybridized carbons (Fsp3) is 0.300. The van der Waals surface area contributed by atoms with Crippen LogP contribution in [0.15, 0.2) is 66.7 Å². The summed E-state index contributed by atoms with van der Waals surface area (Å²) in [5.41, 5.74) is 2.89. The summed E-state index contributed by atoms with van der Waals surface area (Å²) >= 11 is 0. The molecule has 4 atom stereocenters. The van der Waals surface area contributed by atoms with Gasteiger partial charge in [-0.3, -0.25) is 19.3 Å². The number of ketones is 1. The van der Waals surface area contributed by atoms with Crippen LogP contribution >= 0.6 is 0 Å². The van der Waals surface area contributed by atoms with Crippen LogP contribution in [0.5, 0.6) is 0 Å². The van der Waals surface area contributed by atoms with E-state index in [-0.39, 0.29) is 23.6 Å². The highest BCUT2D eigenvalue weighted by atomic mass is 16.2. The maximum atomic E-state index is 14.5. The van der Waals surface area contributed by atoms with Crippen molar-refractivity contribution in [3.05, 3.63) is 94.5 Å². The van der Waals surface area contributed by atoms with Gasteiger partial charge in [0.1, 0.15) is 11.0 Å². The lowest BCUT2D eigenvalue weighted by Gasteiger charge is -2.43. The molecule has 0 radical (unpaired) electrons. The second-order valence-corrected chi connectivity index (χ2v) is 10.6. The van der Waals surface area contributed by atoms with Crippen molar-refractivity contribution in [2.45, 2.75) is 43.7 Å². The Bertz CT molecular complexity index is 1480. The molecule has 2 amide bonds. The molecule has 0 saturated carbocycles. The van der Waals surface area contributed by atoms with Crippen LogP contribution in [0.2, 0.25) is 0 Å². The Morgan fingerprint density at radius 2 is 1.56 bits per heavy atom. The molecular weight excluding hydrogens is 450 g/mol. The lowest BCUT2D eigenvalue weighted by atomic mass is 9.57. The molecule has 3 aromatic carbocycles. The number of rotatable bonds is 2. The van der Waals surface area contributed by atoms with Crippen LogP contribution in [0.4, 0.5) is 11.4 Å². The summed E-state index contributed by atoms with van der Waals surface area (Å²) < 4.78 is 0. The predicted molar refractivity (Wildman–Crippen MR) is 137 cm³/mol. The number of para-hydroxylation sites is 1. The number of hydrogen-bond donors (Lipinski definition) is 2. The zero-order valence-electron chi connectivity index (χ0n) is 20.3. The summed E-state index contributed by atoms with van der Waals surface area (Å²) in [7, 11) is 0. The van der Waals surface area contributed by atoms with Gasteiger partial charge in [0.25, 0.3) is 5.91 Å². The van der Waals surface area contributed by atoms with E-state index in [2.05, 4.69) is 15.5 Å². The van der Waals surface area contributed by atoms with E-state index in [9.17, 15) is 14.4 Å². The smallest absolute Gasteiger partial charge is 0.251 e. The molecule has 2 spiro atoms. The van der Waals surface area contributed by atoms with E-state index in [1.165, 1.54) is 0 Å². The first-order chi connectivity index (χ1) is 17.4. The third-order valence-electron chi connectivity index (χ3n) is 8.87. The zero-order chi connectivity index (χ0) is 24.8. The molecule has 3 aromatic rings. The SMILES string of the molecule is Cc1ccc(C(=O)[C@H]2[C@@H]3CCCN3[C@]3(C(=O)Nc4ccc(C)cc43)[C@]23C(=O)Nc2ccccc23)cc1. The summed E-state index contributed by atoms with van der Waals surface area (Å²) in [6, 6.07) is 20.8. The molecule has 7 rings (SSSR count). The molecule has 4 heterocycles. The van der Waals surface area contributed by atoms with Gasteiger partial charge in [-0.2, -0.15) is 0 Å². The summed E-state index contributed by atoms with van der Waals surface area (Å²) in [5, 5.41) is 6.19. The van der Waals surface area contributed by atoms with Crippen molar-refractivity contribution in [2.24, 2.45) is 5.92 Å². The molecule has 36 heavy (non-hydrogen) atoms. The largest absolute Gasteiger partial charge is 0.325 e. The first-order valence-corrected chi connectivity index (χ1v) is 12.6. The quantitative estimate of drug-likeness (QED) is 0.539. The number of amides is 2. The number of Topliss-reactive ketones (excluding diaryl/α,β-unsaturated/α-hetero) is 1. The van der Waals surface area contributed by atoms with Crippen molar-refractivity contribution in [1.29, 1.82) is 0 Å². The van der Waals surface area contributed by atoms with E-state index >= 15 is 0 Å². The maximum absolute atomic E-state index is 14.5. The van der Waals surface area contributed by atoms with Crippen molar-refractivity contribution >= 4 is 29.0 Å². The molecule has 2 fully saturated rings. The number of anilines is 2. The highest BCUT2D eigenvalue weighted by Crippen LogP contribution is 2.67. The predicted octanol–water partition coefficient (Wildman–Crippen LogP) is 4.32. The average Bonchev–Trinajstić information content (AvgIpc) is 3.58. The van der Waals surface area contributed by atoms with E-state index < -0.39 is 16.9 Å². The Hall–Kier alpha value is -3.77. The Kier molecular flexibility index (Phi) is 4.26. The molecule has 0 bridgehead atoms. The Balaban J connectivity index is 1.59. The van der Waals surface area contributed by atoms with Crippen molar-refractivity contribution in [2.75, 3.05) is 17.2 Å². The standard InChI is InChI=1S/C30H27N3O3/c1-17-9-12-19(13-10-17)26(34)25-24-8-5-15-33(24)30(21-16-18(2)11-14-23(21)32-28(30)36)29(25)20-6-3-4-7-22(20)31-27(29)35/h3-4,6-7,9-14,16,24-25H,5,8,15H2,1-2H3,(H,31,35)(H,32,36)/t24-,25+,29-,30+/m0/s1. The summed E-state index contributed by atoms with van der Waals surface area (Å²) in [5.74, 6) is -1.28. The van der Waals surface area contributed by atoms with Crippen LogP contribution in [0, 0.1) is 19.8 Å². The molecule has 6 heteroatoms. The third-order valence-corrected chi connectivity index (χ3v) is 8.87. The zero-order valence-corrected chi connectivity index (χ0v) is 20.3. The van der Waals surface area contributed by atoms with Gasteiger partial charge in [-0.15, -0.1) is 0 Å². The molecule has 2 saturated heterocycles. The van der Waals surface area contributed by atoms with Crippen LogP contribution in [-0.4, -0.2) is 35.1 Å². The fourth-order valence-electron chi connectivity index (χ4n) is 7.59. The highest BCUT2D eigenvalue weighted by molar-refractivity contribution is 6.21. The minimum Gasteiger partial charge on any atom is -0.325 e. The van der Waals surface area contributed by atoms with Crippen LogP contribution in [0.1, 0.15) is 45.5 Å². The number of hydrogen-bond acceptors (Lipinski definition) is 4. The average molecular weight is 478 g/mol. The van der Waals surface area contributed by atoms with Gasteiger partial charge in [-0.25, -0.2) is 0 Å². The van der Waals surface area contributed by atoms with Gasteiger partial charge < -0.3 is 10.6 Å². The van der Waals surface area contributed by atoms with Crippen molar-refractivity contribution in [3.63, 3.8) is 0 Å². The van der Waals surface area contributed by atoms with Gasteiger partial charge in [-0.1, -0.05) is 65.7 Å². The molecular formula is C30H27N3O3. The van der Waals surface area contributed by atoms with E-state index in [1.54, 1.807) is 0 Å². The monoisotopic (exact) mass is 477 g/mol. The first-order valence-electron chi connectivity index (χ1n) is 12.6. The van der Waals surface area contributed by atoms with E-state index in [1.807, 2.05) is 80.6 Å². The Morgan fingerprint density at radius 3 is 2.36 bits per heavy atom. The lowest BCUT2D eigenvalue weighted by Crippen LogP contribution is -2.62. The van der Waals surface area contributed by atoms with Crippen molar-refractivity contribution in [3.8, 4) is 0 Å². The van der Waals surface area contributed by atoms with Gasteiger partial charge in [0.15, 0.2) is 5.78 Å². The molecule has 2 N–H and O–H groups in total. The summed E-state index contributed by atoms with van der Waals surface area (Å²) in [6.45, 7) is 4.64. The van der Waals surface area contributed by atoms with Gasteiger partial charge in [0.2, 0.25) is 5.91 Å². The van der Waals surface area contributed by atoms with Crippen LogP contribution < -0.4 is 10.6 Å². The van der Waals surface area contributed by atoms with Crippen molar-refractivity contribution in [1.82, 2.24) is 4.90 Å². The topological polar surface area (TPSA) is 78.5 Å². The fourth-order valence-corrected chi connectivity index (χ4v) is 7.59. The minimum absolute atomic E-state index is 0.0791. The lowest BCUT2D eigenvalue weighted by molar-refractivity contribution is -0.137. The van der Waals surface area contributed by atoms with Gasteiger partial charge >= 0.3 is 0 Å². The molecule has 6 nitrogen and oxygen atoms in total. The number of fused-ring (bicyclic) bond motifs is 7. The van der Waals surface area contributed by atoms with Crippen molar-refractivity contribution < 1.29 is 14.4 Å². The number of nitrogens with one attached hydrogen (secondary N) is 2. The normalized spacial score (nSPS) is 29.8. The maximum Gasteiger partial charge on any atom is 0.251 e. The second kappa shape index (κ2) is 7.14. The molecule has 4 aliphatic heterocycles. The van der Waals surface area contributed by atoms with Gasteiger partial charge in [-0.05, 0) is 50.9 Å². The summed E-state index contributed by atoms with van der Waals surface area (Å²) in [4.78, 5) is 45.4. The van der Waals surface area contributed by atoms with E-state index in [0.717, 1.165) is 40.8 Å². The van der Waals surface area contributed by atoms with Crippen LogP contribution in [0.25, 0.3) is 0 Å². The molecule has 0 aromatic heterocycles. The minimum atomic E-state index is -1.39. The Labute approximate surface area is 209 Å². The first kappa shape index (κ1) is 21.5. The number of aryl methyl sites for hydroxylation is 2. The number of benzene rings is 3. The molecule has 0 unspecified atom stereocenters. The molecule has 180 valence electrons. The van der Waals surface area contributed by atoms with E-state index in [4.69, 9.17) is 0 Å². The molecule has 0 aliphatic carbocycles. The highest BCUT2D eigenvalue weighted by Gasteiger charge is 2.81. The summed E-state index contributed by atoms with van der Waals surface area (Å²) in [6.07, 6.45) is 1.63. The second-order valence-electron chi connectivity index (χ2n) is 10.6. The van der Waals surface area contributed by atoms with Crippen LogP contribution in [-0.2, 0) is 20.5 Å². The van der Waals surface area contributed by atoms with Gasteiger partial charge in [0.05, 0.1) is 5.92 Å². The Morgan fingerprint density at radius 1 is 0.861 bits per heavy atom. The number of nitrogens with zero attached hydrogens (tertiary/aromatic N) is 1. The van der Waals surface area contributed by atoms with Crippen LogP contribution in [0.3, 0.4) is 0 Å². The number of carbonyl (C=O) groups is 3. The van der Waals surface area contributed by atoms with Gasteiger partial charge in [0, 0.05) is 28.5 Å². The number of carbonyl (C=O) groups excluding carboxylic acids is 3.